The van der Waals surface area contributed by atoms with Crippen molar-refractivity contribution >= 4 is 35.1 Å². The van der Waals surface area contributed by atoms with Gasteiger partial charge in [0.2, 0.25) is 0 Å². The molecule has 1 saturated heterocycles. The maximum absolute atomic E-state index is 6.03. The summed E-state index contributed by atoms with van der Waals surface area (Å²) in [5, 5.41) is 3.48. The molecule has 1 aromatic carbocycles. The van der Waals surface area contributed by atoms with E-state index in [2.05, 4.69) is 20.2 Å². The first-order valence-electron chi connectivity index (χ1n) is 6.71. The van der Waals surface area contributed by atoms with E-state index in [0.717, 1.165) is 29.9 Å². The second-order valence-corrected chi connectivity index (χ2v) is 5.09. The molecule has 3 rings (SSSR count). The Morgan fingerprint density at radius 3 is 2.65 bits per heavy atom. The van der Waals surface area contributed by atoms with Crippen LogP contribution in [0.5, 0.6) is 0 Å². The van der Waals surface area contributed by atoms with Crippen LogP contribution in [0.15, 0.2) is 24.3 Å². The first kappa shape index (κ1) is 14.8. The number of aromatic nitrogens is 2. The third kappa shape index (κ3) is 2.94. The highest BCUT2D eigenvalue weighted by Gasteiger charge is 2.18. The third-order valence-electron chi connectivity index (χ3n) is 3.60. The largest absolute Gasteiger partial charge is 0.381 e. The number of halogens is 1. The summed E-state index contributed by atoms with van der Waals surface area (Å²) in [6.07, 6.45) is 2.46. The lowest BCUT2D eigenvalue weighted by Gasteiger charge is -2.23. The molecular weight excluding hydrogens is 274 g/mol. The zero-order chi connectivity index (χ0) is 13.2. The number of benzene rings is 1. The minimum atomic E-state index is 0. The zero-order valence-corrected chi connectivity index (χ0v) is 12.4. The van der Waals surface area contributed by atoms with E-state index in [1.165, 1.54) is 12.8 Å². The normalized spacial score (nSPS) is 17.9. The number of hydrogen-bond donors (Lipinski definition) is 2. The molecule has 0 aliphatic carbocycles. The average molecular weight is 294 g/mol. The molecule has 5 nitrogen and oxygen atoms in total. The van der Waals surface area contributed by atoms with Gasteiger partial charge in [-0.3, -0.25) is 0 Å². The fraction of sp³-hybridized carbons (Fsp3) is 0.429. The van der Waals surface area contributed by atoms with E-state index in [4.69, 9.17) is 5.73 Å². The van der Waals surface area contributed by atoms with Crippen molar-refractivity contribution in [3.05, 3.63) is 24.3 Å². The summed E-state index contributed by atoms with van der Waals surface area (Å²) in [7, 11) is 2.02. The molecule has 1 unspecified atom stereocenters. The highest BCUT2D eigenvalue weighted by Crippen LogP contribution is 2.22. The minimum Gasteiger partial charge on any atom is -0.381 e. The summed E-state index contributed by atoms with van der Waals surface area (Å²) in [6, 6.07) is 8.34. The Hall–Kier alpha value is -1.59. The zero-order valence-electron chi connectivity index (χ0n) is 11.5. The number of hydrogen-bond acceptors (Lipinski definition) is 5. The molecule has 1 aromatic heterocycles. The van der Waals surface area contributed by atoms with Gasteiger partial charge >= 0.3 is 0 Å². The van der Waals surface area contributed by atoms with Gasteiger partial charge in [-0.25, -0.2) is 9.97 Å². The van der Waals surface area contributed by atoms with Gasteiger partial charge in [-0.05, 0) is 31.5 Å². The monoisotopic (exact) mass is 293 g/mol. The average Bonchev–Trinajstić information content (AvgIpc) is 2.90. The predicted molar refractivity (Wildman–Crippen MR) is 85.5 cm³/mol. The number of nitrogens with zero attached hydrogens (tertiary/aromatic N) is 3. The van der Waals surface area contributed by atoms with Crippen LogP contribution in [0, 0.1) is 0 Å². The van der Waals surface area contributed by atoms with Crippen LogP contribution in [0.4, 0.5) is 11.6 Å². The van der Waals surface area contributed by atoms with Gasteiger partial charge in [0.25, 0.3) is 0 Å². The SMILES string of the molecule is CN(CC1CCCN1)c1nc2ccccc2nc1N.Cl. The number of rotatable bonds is 3. The van der Waals surface area contributed by atoms with Crippen molar-refractivity contribution in [2.75, 3.05) is 30.8 Å². The second-order valence-electron chi connectivity index (χ2n) is 5.09. The van der Waals surface area contributed by atoms with Crippen LogP contribution in [0.25, 0.3) is 11.0 Å². The summed E-state index contributed by atoms with van der Waals surface area (Å²) in [4.78, 5) is 11.1. The van der Waals surface area contributed by atoms with Crippen LogP contribution < -0.4 is 16.0 Å². The van der Waals surface area contributed by atoms with Crippen molar-refractivity contribution in [3.63, 3.8) is 0 Å². The van der Waals surface area contributed by atoms with E-state index in [-0.39, 0.29) is 12.4 Å². The molecule has 0 saturated carbocycles. The molecule has 1 aliphatic heterocycles. The highest BCUT2D eigenvalue weighted by atomic mass is 35.5. The van der Waals surface area contributed by atoms with Crippen molar-refractivity contribution < 1.29 is 0 Å². The summed E-state index contributed by atoms with van der Waals surface area (Å²) >= 11 is 0. The Morgan fingerprint density at radius 1 is 1.30 bits per heavy atom. The molecule has 20 heavy (non-hydrogen) atoms. The fourth-order valence-electron chi connectivity index (χ4n) is 2.61. The van der Waals surface area contributed by atoms with Gasteiger partial charge in [0.1, 0.15) is 0 Å². The van der Waals surface area contributed by atoms with Gasteiger partial charge in [0.15, 0.2) is 11.6 Å². The summed E-state index contributed by atoms with van der Waals surface area (Å²) < 4.78 is 0. The summed E-state index contributed by atoms with van der Waals surface area (Å²) in [6.45, 7) is 2.02. The lowest BCUT2D eigenvalue weighted by atomic mass is 10.2. The Kier molecular flexibility index (Phi) is 4.62. The molecule has 2 heterocycles. The predicted octanol–water partition coefficient (Wildman–Crippen LogP) is 1.82. The number of para-hydroxylation sites is 2. The molecule has 3 N–H and O–H groups in total. The Morgan fingerprint density at radius 2 is 2.00 bits per heavy atom. The summed E-state index contributed by atoms with van der Waals surface area (Å²) in [5.74, 6) is 1.27. The number of nitrogens with two attached hydrogens (primary N) is 1. The van der Waals surface area contributed by atoms with E-state index in [9.17, 15) is 0 Å². The number of likely N-dealkylation sites (N-methyl/N-ethyl adjacent to an activating group) is 1. The quantitative estimate of drug-likeness (QED) is 0.903. The molecule has 0 amide bonds. The highest BCUT2D eigenvalue weighted by molar-refractivity contribution is 5.85. The van der Waals surface area contributed by atoms with E-state index >= 15 is 0 Å². The molecular formula is C14H20ClN5. The van der Waals surface area contributed by atoms with E-state index in [0.29, 0.717) is 11.9 Å². The Bertz CT molecular complexity index is 583. The second kappa shape index (κ2) is 6.24. The van der Waals surface area contributed by atoms with Gasteiger partial charge in [0.05, 0.1) is 11.0 Å². The van der Waals surface area contributed by atoms with E-state index < -0.39 is 0 Å². The van der Waals surface area contributed by atoms with Crippen LogP contribution in [0.2, 0.25) is 0 Å². The fourth-order valence-corrected chi connectivity index (χ4v) is 2.61. The first-order chi connectivity index (χ1) is 9.24. The van der Waals surface area contributed by atoms with Crippen LogP contribution >= 0.6 is 12.4 Å². The van der Waals surface area contributed by atoms with E-state index in [1.54, 1.807) is 0 Å². The standard InChI is InChI=1S/C14H19N5.ClH/c1-19(9-10-5-4-8-16-10)14-13(15)17-11-6-2-3-7-12(11)18-14;/h2-3,6-7,10,16H,4-5,8-9H2,1H3,(H2,15,17);1H. The maximum atomic E-state index is 6.03. The Labute approximate surface area is 125 Å². The number of nitrogens with one attached hydrogen (secondary N) is 1. The lowest BCUT2D eigenvalue weighted by Crippen LogP contribution is -2.36. The van der Waals surface area contributed by atoms with Gasteiger partial charge in [-0.15, -0.1) is 12.4 Å². The Balaban J connectivity index is 0.00000147. The molecule has 108 valence electrons. The molecule has 1 aliphatic rings. The van der Waals surface area contributed by atoms with Gasteiger partial charge < -0.3 is 16.0 Å². The lowest BCUT2D eigenvalue weighted by molar-refractivity contribution is 0.598. The molecule has 0 spiro atoms. The van der Waals surface area contributed by atoms with Crippen LogP contribution in [0.1, 0.15) is 12.8 Å². The van der Waals surface area contributed by atoms with Gasteiger partial charge in [-0.2, -0.15) is 0 Å². The van der Waals surface area contributed by atoms with Crippen LogP contribution in [-0.4, -0.2) is 36.1 Å². The van der Waals surface area contributed by atoms with Crippen molar-refractivity contribution in [1.82, 2.24) is 15.3 Å². The number of fused-ring (bicyclic) bond motifs is 1. The van der Waals surface area contributed by atoms with Crippen molar-refractivity contribution in [1.29, 1.82) is 0 Å². The molecule has 6 heteroatoms. The molecule has 2 aromatic rings. The summed E-state index contributed by atoms with van der Waals surface area (Å²) in [5.41, 5.74) is 7.76. The molecule has 0 radical (unpaired) electrons. The van der Waals surface area contributed by atoms with Crippen LogP contribution in [-0.2, 0) is 0 Å². The van der Waals surface area contributed by atoms with Gasteiger partial charge in [0, 0.05) is 19.6 Å². The molecule has 1 atom stereocenters. The van der Waals surface area contributed by atoms with Gasteiger partial charge in [-0.1, -0.05) is 12.1 Å². The van der Waals surface area contributed by atoms with Crippen LogP contribution in [0.3, 0.4) is 0 Å². The molecule has 1 fully saturated rings. The van der Waals surface area contributed by atoms with Crippen molar-refractivity contribution in [2.24, 2.45) is 0 Å². The first-order valence-corrected chi connectivity index (χ1v) is 6.71. The van der Waals surface area contributed by atoms with Crippen molar-refractivity contribution in [3.8, 4) is 0 Å². The third-order valence-corrected chi connectivity index (χ3v) is 3.60. The maximum Gasteiger partial charge on any atom is 0.171 e. The number of nitrogen functional groups attached to an aromatic ring is 1. The number of anilines is 2. The smallest absolute Gasteiger partial charge is 0.171 e. The molecule has 0 bridgehead atoms. The topological polar surface area (TPSA) is 67.1 Å². The van der Waals surface area contributed by atoms with E-state index in [1.807, 2.05) is 31.3 Å². The van der Waals surface area contributed by atoms with Crippen molar-refractivity contribution in [2.45, 2.75) is 18.9 Å². The minimum absolute atomic E-state index is 0.